The third-order valence-electron chi connectivity index (χ3n) is 4.86. The summed E-state index contributed by atoms with van der Waals surface area (Å²) in [5.74, 6) is 0. The van der Waals surface area contributed by atoms with Gasteiger partial charge in [0.2, 0.25) is 0 Å². The topological polar surface area (TPSA) is 15.3 Å². The minimum Gasteiger partial charge on any atom is -0.367 e. The number of benzene rings is 2. The number of unbranched alkanes of at least 4 members (excludes halogenated alkanes) is 1. The summed E-state index contributed by atoms with van der Waals surface area (Å²) in [4.78, 5) is 2.58. The maximum Gasteiger partial charge on any atom is 0.0412 e. The average molecular weight is 339 g/mol. The number of anilines is 1. The summed E-state index contributed by atoms with van der Waals surface area (Å²) >= 11 is 0. The molecule has 1 N–H and O–H groups in total. The van der Waals surface area contributed by atoms with Gasteiger partial charge in [-0.1, -0.05) is 69.7 Å². The monoisotopic (exact) mass is 338 g/mol. The van der Waals surface area contributed by atoms with Crippen LogP contribution in [-0.4, -0.2) is 19.1 Å². The van der Waals surface area contributed by atoms with Crippen LogP contribution in [0.3, 0.4) is 0 Å². The molecule has 25 heavy (non-hydrogen) atoms. The molecule has 1 atom stereocenters. The van der Waals surface area contributed by atoms with E-state index in [1.54, 1.807) is 0 Å². The first-order chi connectivity index (χ1) is 12.3. The number of nitrogens with one attached hydrogen (secondary N) is 1. The first-order valence-electron chi connectivity index (χ1n) is 9.88. The summed E-state index contributed by atoms with van der Waals surface area (Å²) in [5.41, 5.74) is 4.15. The maximum absolute atomic E-state index is 3.69. The zero-order chi connectivity index (χ0) is 17.9. The van der Waals surface area contributed by atoms with Crippen LogP contribution in [0.15, 0.2) is 54.6 Å². The van der Waals surface area contributed by atoms with E-state index in [1.807, 2.05) is 0 Å². The van der Waals surface area contributed by atoms with Crippen molar-refractivity contribution in [3.63, 3.8) is 0 Å². The first kappa shape index (κ1) is 19.5. The molecule has 2 aromatic carbocycles. The fourth-order valence-corrected chi connectivity index (χ4v) is 3.29. The number of nitrogens with zero attached hydrogens (tertiary/aromatic N) is 1. The van der Waals surface area contributed by atoms with Crippen molar-refractivity contribution >= 4 is 5.69 Å². The van der Waals surface area contributed by atoms with Gasteiger partial charge in [-0.05, 0) is 42.5 Å². The SMILES string of the molecule is CCCCN(c1ccccc1)C(CC)CNCc1cccc(CC)c1. The van der Waals surface area contributed by atoms with Crippen LogP contribution in [-0.2, 0) is 13.0 Å². The highest BCUT2D eigenvalue weighted by Crippen LogP contribution is 2.19. The van der Waals surface area contributed by atoms with Gasteiger partial charge in [0, 0.05) is 31.4 Å². The molecule has 0 saturated carbocycles. The standard InChI is InChI=1S/C23H34N2/c1-4-7-16-25(23-14-9-8-10-15-23)22(6-3)19-24-18-21-13-11-12-20(5-2)17-21/h8-15,17,22,24H,4-7,16,18-19H2,1-3H3. The first-order valence-corrected chi connectivity index (χ1v) is 9.88. The van der Waals surface area contributed by atoms with Crippen molar-refractivity contribution < 1.29 is 0 Å². The van der Waals surface area contributed by atoms with Crippen LogP contribution in [0.25, 0.3) is 0 Å². The molecule has 2 heteroatoms. The van der Waals surface area contributed by atoms with Crippen LogP contribution in [0, 0.1) is 0 Å². The smallest absolute Gasteiger partial charge is 0.0412 e. The van der Waals surface area contributed by atoms with Crippen LogP contribution in [0.4, 0.5) is 5.69 Å². The Labute approximate surface area is 154 Å². The highest BCUT2D eigenvalue weighted by atomic mass is 15.2. The van der Waals surface area contributed by atoms with Crippen molar-refractivity contribution in [2.24, 2.45) is 0 Å². The van der Waals surface area contributed by atoms with Gasteiger partial charge >= 0.3 is 0 Å². The van der Waals surface area contributed by atoms with E-state index in [0.29, 0.717) is 6.04 Å². The fraction of sp³-hybridized carbons (Fsp3) is 0.478. The predicted octanol–water partition coefficient (Wildman–Crippen LogP) is 5.42. The van der Waals surface area contributed by atoms with Gasteiger partial charge in [-0.25, -0.2) is 0 Å². The van der Waals surface area contributed by atoms with Gasteiger partial charge < -0.3 is 10.2 Å². The molecule has 136 valence electrons. The quantitative estimate of drug-likeness (QED) is 0.588. The van der Waals surface area contributed by atoms with Crippen molar-refractivity contribution in [2.45, 2.75) is 59.0 Å². The summed E-state index contributed by atoms with van der Waals surface area (Å²) in [6, 6.07) is 20.3. The van der Waals surface area contributed by atoms with E-state index in [2.05, 4.69) is 85.6 Å². The molecular weight excluding hydrogens is 304 g/mol. The summed E-state index contributed by atoms with van der Waals surface area (Å²) in [6.45, 7) is 9.87. The minimum absolute atomic E-state index is 0.531. The normalized spacial score (nSPS) is 12.1. The minimum atomic E-state index is 0.531. The summed E-state index contributed by atoms with van der Waals surface area (Å²) in [6.07, 6.45) is 4.73. The Kier molecular flexibility index (Phi) is 8.54. The van der Waals surface area contributed by atoms with E-state index in [1.165, 1.54) is 29.7 Å². The molecule has 0 aliphatic rings. The number of aryl methyl sites for hydroxylation is 1. The van der Waals surface area contributed by atoms with Crippen molar-refractivity contribution in [3.05, 3.63) is 65.7 Å². The lowest BCUT2D eigenvalue weighted by Crippen LogP contribution is -2.42. The third-order valence-corrected chi connectivity index (χ3v) is 4.86. The van der Waals surface area contributed by atoms with Crippen molar-refractivity contribution in [1.29, 1.82) is 0 Å². The summed E-state index contributed by atoms with van der Waals surface area (Å²) in [5, 5.41) is 3.69. The molecule has 2 nitrogen and oxygen atoms in total. The second-order valence-corrected chi connectivity index (χ2v) is 6.75. The van der Waals surface area contributed by atoms with Crippen LogP contribution in [0.1, 0.15) is 51.2 Å². The Bertz CT molecular complexity index is 594. The molecule has 0 heterocycles. The van der Waals surface area contributed by atoms with E-state index in [4.69, 9.17) is 0 Å². The Balaban J connectivity index is 1.97. The summed E-state index contributed by atoms with van der Waals surface area (Å²) in [7, 11) is 0. The second-order valence-electron chi connectivity index (χ2n) is 6.75. The van der Waals surface area contributed by atoms with Crippen LogP contribution in [0.2, 0.25) is 0 Å². The molecule has 0 spiro atoms. The van der Waals surface area contributed by atoms with Crippen molar-refractivity contribution in [1.82, 2.24) is 5.32 Å². The lowest BCUT2D eigenvalue weighted by Gasteiger charge is -2.33. The van der Waals surface area contributed by atoms with E-state index < -0.39 is 0 Å². The fourth-order valence-electron chi connectivity index (χ4n) is 3.29. The number of hydrogen-bond donors (Lipinski definition) is 1. The van der Waals surface area contributed by atoms with Gasteiger partial charge in [0.1, 0.15) is 0 Å². The zero-order valence-corrected chi connectivity index (χ0v) is 16.2. The lowest BCUT2D eigenvalue weighted by molar-refractivity contribution is 0.511. The van der Waals surface area contributed by atoms with Gasteiger partial charge in [-0.2, -0.15) is 0 Å². The Morgan fingerprint density at radius 1 is 0.920 bits per heavy atom. The van der Waals surface area contributed by atoms with Gasteiger partial charge in [-0.15, -0.1) is 0 Å². The molecule has 0 aromatic heterocycles. The Morgan fingerprint density at radius 3 is 2.36 bits per heavy atom. The molecule has 0 amide bonds. The third kappa shape index (κ3) is 6.21. The van der Waals surface area contributed by atoms with E-state index in [0.717, 1.165) is 32.5 Å². The summed E-state index contributed by atoms with van der Waals surface area (Å²) < 4.78 is 0. The average Bonchev–Trinajstić information content (AvgIpc) is 2.67. The Morgan fingerprint density at radius 2 is 1.68 bits per heavy atom. The number of hydrogen-bond acceptors (Lipinski definition) is 2. The highest BCUT2D eigenvalue weighted by Gasteiger charge is 2.16. The van der Waals surface area contributed by atoms with Gasteiger partial charge in [-0.3, -0.25) is 0 Å². The Hall–Kier alpha value is -1.80. The van der Waals surface area contributed by atoms with Crippen LogP contribution >= 0.6 is 0 Å². The molecule has 0 bridgehead atoms. The van der Waals surface area contributed by atoms with Crippen molar-refractivity contribution in [3.8, 4) is 0 Å². The molecule has 0 aliphatic carbocycles. The number of rotatable bonds is 11. The van der Waals surface area contributed by atoms with Crippen molar-refractivity contribution in [2.75, 3.05) is 18.0 Å². The van der Waals surface area contributed by atoms with E-state index in [9.17, 15) is 0 Å². The van der Waals surface area contributed by atoms with E-state index >= 15 is 0 Å². The predicted molar refractivity (Wildman–Crippen MR) is 110 cm³/mol. The van der Waals surface area contributed by atoms with Gasteiger partial charge in [0.15, 0.2) is 0 Å². The highest BCUT2D eigenvalue weighted by molar-refractivity contribution is 5.47. The van der Waals surface area contributed by atoms with Gasteiger partial charge in [0.05, 0.1) is 0 Å². The molecule has 0 aliphatic heterocycles. The molecule has 0 saturated heterocycles. The molecule has 0 radical (unpaired) electrons. The second kappa shape index (κ2) is 10.9. The molecule has 2 rings (SSSR count). The number of para-hydroxylation sites is 1. The molecule has 2 aromatic rings. The van der Waals surface area contributed by atoms with Crippen LogP contribution in [0.5, 0.6) is 0 Å². The van der Waals surface area contributed by atoms with Crippen LogP contribution < -0.4 is 10.2 Å². The molecule has 1 unspecified atom stereocenters. The molecular formula is C23H34N2. The molecule has 0 fully saturated rings. The largest absolute Gasteiger partial charge is 0.367 e. The van der Waals surface area contributed by atoms with E-state index in [-0.39, 0.29) is 0 Å². The lowest BCUT2D eigenvalue weighted by atomic mass is 10.1. The zero-order valence-electron chi connectivity index (χ0n) is 16.2. The van der Waals surface area contributed by atoms with Gasteiger partial charge in [0.25, 0.3) is 0 Å². The maximum atomic E-state index is 3.69.